The van der Waals surface area contributed by atoms with Crippen molar-refractivity contribution in [2.75, 3.05) is 19.4 Å². The lowest BCUT2D eigenvalue weighted by molar-refractivity contribution is -0.120. The summed E-state index contributed by atoms with van der Waals surface area (Å²) in [7, 11) is 0. The second kappa shape index (κ2) is 7.88. The maximum absolute atomic E-state index is 10.7. The van der Waals surface area contributed by atoms with Crippen LogP contribution in [0.2, 0.25) is 0 Å². The van der Waals surface area contributed by atoms with Crippen molar-refractivity contribution in [2.45, 2.75) is 19.8 Å². The minimum Gasteiger partial charge on any atom is -0.356 e. The van der Waals surface area contributed by atoms with E-state index in [1.165, 1.54) is 12.0 Å². The second-order valence-corrected chi connectivity index (χ2v) is 2.61. The lowest BCUT2D eigenvalue weighted by Crippen LogP contribution is -2.23. The summed E-state index contributed by atoms with van der Waals surface area (Å²) in [6, 6.07) is 0. The number of carbonyl (C=O) groups is 1. The van der Waals surface area contributed by atoms with Crippen LogP contribution in [0.5, 0.6) is 0 Å². The molecule has 0 aromatic carbocycles. The molecule has 0 heterocycles. The number of hydrogen-bond acceptors (Lipinski definition) is 3. The van der Waals surface area contributed by atoms with Gasteiger partial charge in [0.1, 0.15) is 0 Å². The van der Waals surface area contributed by atoms with E-state index in [0.717, 1.165) is 6.42 Å². The molecule has 11 heavy (non-hydrogen) atoms. The highest BCUT2D eigenvalue weighted by Gasteiger charge is 1.93. The Bertz CT molecular complexity index is 109. The molecule has 0 aliphatic rings. The van der Waals surface area contributed by atoms with Crippen LogP contribution in [-0.4, -0.2) is 25.3 Å². The Morgan fingerprint density at radius 3 is 2.91 bits per heavy atom. The van der Waals surface area contributed by atoms with Gasteiger partial charge in [-0.15, -0.1) is 0 Å². The molecule has 0 aromatic heterocycles. The van der Waals surface area contributed by atoms with Gasteiger partial charge >= 0.3 is 0 Å². The zero-order chi connectivity index (χ0) is 8.53. The fourth-order valence-electron chi connectivity index (χ4n) is 0.567. The van der Waals surface area contributed by atoms with Crippen molar-refractivity contribution in [3.05, 3.63) is 0 Å². The Hall–Kier alpha value is -0.220. The van der Waals surface area contributed by atoms with Gasteiger partial charge in [0.15, 0.2) is 0 Å². The molecule has 0 saturated carbocycles. The first-order chi connectivity index (χ1) is 5.31. The van der Waals surface area contributed by atoms with Gasteiger partial charge in [0.25, 0.3) is 0 Å². The van der Waals surface area contributed by atoms with Crippen molar-refractivity contribution in [2.24, 2.45) is 0 Å². The Morgan fingerprint density at radius 1 is 1.64 bits per heavy atom. The quantitative estimate of drug-likeness (QED) is 0.489. The van der Waals surface area contributed by atoms with Gasteiger partial charge in [-0.3, -0.25) is 4.79 Å². The molecule has 0 atom stereocenters. The largest absolute Gasteiger partial charge is 0.356 e. The Morgan fingerprint density at radius 2 is 2.36 bits per heavy atom. The van der Waals surface area contributed by atoms with E-state index in [4.69, 9.17) is 4.18 Å². The van der Waals surface area contributed by atoms with Crippen molar-refractivity contribution in [3.8, 4) is 0 Å². The first-order valence-corrected chi connectivity index (χ1v) is 4.88. The highest BCUT2D eigenvalue weighted by atomic mass is 32.2. The zero-order valence-corrected chi connectivity index (χ0v) is 7.87. The molecule has 0 saturated heterocycles. The molecule has 0 aliphatic heterocycles. The fourth-order valence-corrected chi connectivity index (χ4v) is 0.852. The van der Waals surface area contributed by atoms with Crippen molar-refractivity contribution in [1.29, 1.82) is 0 Å². The predicted octanol–water partition coefficient (Wildman–Crippen LogP) is 1.20. The molecule has 0 fully saturated rings. The second-order valence-electron chi connectivity index (χ2n) is 2.05. The lowest BCUT2D eigenvalue weighted by atomic mass is 10.4. The molecule has 0 unspecified atom stereocenters. The summed E-state index contributed by atoms with van der Waals surface area (Å²) in [4.78, 5) is 10.7. The van der Waals surface area contributed by atoms with Gasteiger partial charge in [-0.2, -0.15) is 0 Å². The fraction of sp³-hybridized carbons (Fsp3) is 0.857. The van der Waals surface area contributed by atoms with Gasteiger partial charge in [-0.05, 0) is 18.5 Å². The Labute approximate surface area is 72.1 Å². The third-order valence-corrected chi connectivity index (χ3v) is 1.57. The first-order valence-electron chi connectivity index (χ1n) is 3.73. The number of amides is 1. The maximum atomic E-state index is 10.7. The summed E-state index contributed by atoms with van der Waals surface area (Å²) < 4.78 is 5.01. The van der Waals surface area contributed by atoms with E-state index in [-0.39, 0.29) is 5.91 Å². The smallest absolute Gasteiger partial charge is 0.219 e. The first kappa shape index (κ1) is 10.8. The highest BCUT2D eigenvalue weighted by Crippen LogP contribution is 1.94. The van der Waals surface area contributed by atoms with Crippen LogP contribution in [0.15, 0.2) is 0 Å². The average molecular weight is 177 g/mol. The maximum Gasteiger partial charge on any atom is 0.219 e. The normalized spacial score (nSPS) is 9.64. The van der Waals surface area contributed by atoms with E-state index in [1.807, 2.05) is 13.2 Å². The van der Waals surface area contributed by atoms with E-state index in [1.54, 1.807) is 0 Å². The van der Waals surface area contributed by atoms with Crippen LogP contribution >= 0.6 is 12.0 Å². The molecule has 0 rings (SSSR count). The van der Waals surface area contributed by atoms with E-state index in [2.05, 4.69) is 5.32 Å². The standard InChI is InChI=1S/C7H15NO2S/c1-3-7(9)8-5-4-6-10-11-2/h3-6H2,1-2H3,(H,8,9). The summed E-state index contributed by atoms with van der Waals surface area (Å²) in [5.74, 6) is 0.106. The van der Waals surface area contributed by atoms with Gasteiger partial charge in [0, 0.05) is 19.2 Å². The molecular weight excluding hydrogens is 162 g/mol. The number of nitrogens with one attached hydrogen (secondary N) is 1. The van der Waals surface area contributed by atoms with Crippen LogP contribution in [0.25, 0.3) is 0 Å². The SMILES string of the molecule is CCC(=O)NCCCOSC. The van der Waals surface area contributed by atoms with Crippen LogP contribution in [0, 0.1) is 0 Å². The minimum absolute atomic E-state index is 0.106. The third-order valence-electron chi connectivity index (χ3n) is 1.17. The minimum atomic E-state index is 0.106. The van der Waals surface area contributed by atoms with E-state index in [9.17, 15) is 4.79 Å². The van der Waals surface area contributed by atoms with E-state index in [0.29, 0.717) is 19.6 Å². The molecule has 0 aromatic rings. The van der Waals surface area contributed by atoms with Crippen molar-refractivity contribution >= 4 is 17.9 Å². The molecular formula is C7H15NO2S. The average Bonchev–Trinajstić information content (AvgIpc) is 2.04. The van der Waals surface area contributed by atoms with E-state index < -0.39 is 0 Å². The van der Waals surface area contributed by atoms with Gasteiger partial charge < -0.3 is 9.50 Å². The monoisotopic (exact) mass is 177 g/mol. The highest BCUT2D eigenvalue weighted by molar-refractivity contribution is 7.93. The Balaban J connectivity index is 2.95. The van der Waals surface area contributed by atoms with Crippen molar-refractivity contribution in [3.63, 3.8) is 0 Å². The topological polar surface area (TPSA) is 38.3 Å². The van der Waals surface area contributed by atoms with Crippen LogP contribution in [-0.2, 0) is 8.98 Å². The van der Waals surface area contributed by atoms with Gasteiger partial charge in [-0.25, -0.2) is 0 Å². The van der Waals surface area contributed by atoms with Crippen LogP contribution in [0.3, 0.4) is 0 Å². The van der Waals surface area contributed by atoms with Crippen molar-refractivity contribution < 1.29 is 8.98 Å². The molecule has 1 N–H and O–H groups in total. The molecule has 3 nitrogen and oxygen atoms in total. The van der Waals surface area contributed by atoms with Crippen molar-refractivity contribution in [1.82, 2.24) is 5.32 Å². The summed E-state index contributed by atoms with van der Waals surface area (Å²) in [5, 5.41) is 2.76. The third kappa shape index (κ3) is 7.68. The molecule has 0 bridgehead atoms. The van der Waals surface area contributed by atoms with Gasteiger partial charge in [0.05, 0.1) is 6.61 Å². The number of carbonyl (C=O) groups excluding carboxylic acids is 1. The van der Waals surface area contributed by atoms with Gasteiger partial charge in [0.2, 0.25) is 5.91 Å². The van der Waals surface area contributed by atoms with Crippen LogP contribution < -0.4 is 5.32 Å². The molecule has 1 amide bonds. The molecule has 0 spiro atoms. The van der Waals surface area contributed by atoms with Crippen LogP contribution in [0.1, 0.15) is 19.8 Å². The predicted molar refractivity (Wildman–Crippen MR) is 47.4 cm³/mol. The molecule has 0 aliphatic carbocycles. The zero-order valence-electron chi connectivity index (χ0n) is 7.05. The lowest BCUT2D eigenvalue weighted by Gasteiger charge is -2.01. The summed E-state index contributed by atoms with van der Waals surface area (Å²) in [6.07, 6.45) is 3.32. The number of rotatable bonds is 6. The summed E-state index contributed by atoms with van der Waals surface area (Å²) in [5.41, 5.74) is 0. The number of hydrogen-bond donors (Lipinski definition) is 1. The Kier molecular flexibility index (Phi) is 7.72. The molecule has 66 valence electrons. The van der Waals surface area contributed by atoms with Crippen LogP contribution in [0.4, 0.5) is 0 Å². The molecule has 4 heteroatoms. The van der Waals surface area contributed by atoms with E-state index >= 15 is 0 Å². The van der Waals surface area contributed by atoms with Gasteiger partial charge in [-0.1, -0.05) is 6.92 Å². The summed E-state index contributed by atoms with van der Waals surface area (Å²) in [6.45, 7) is 3.26. The molecule has 0 radical (unpaired) electrons. The summed E-state index contributed by atoms with van der Waals surface area (Å²) >= 11 is 1.35.